The third kappa shape index (κ3) is 3.95. The monoisotopic (exact) mass is 500 g/mol. The Morgan fingerprint density at radius 1 is 1.05 bits per heavy atom. The quantitative estimate of drug-likeness (QED) is 0.413. The number of halogens is 1. The Labute approximate surface area is 214 Å². The van der Waals surface area contributed by atoms with Crippen molar-refractivity contribution in [3.8, 4) is 22.9 Å². The van der Waals surface area contributed by atoms with E-state index >= 15 is 4.39 Å². The lowest BCUT2D eigenvalue weighted by Gasteiger charge is -2.37. The minimum Gasteiger partial charge on any atom is -0.508 e. The van der Waals surface area contributed by atoms with Crippen molar-refractivity contribution in [2.45, 2.75) is 31.8 Å². The van der Waals surface area contributed by atoms with Crippen LogP contribution in [0.5, 0.6) is 11.8 Å². The number of hydrogen-bond acceptors (Lipinski definition) is 7. The number of phenolic OH excluding ortho intramolecular Hbond substituents is 1. The number of hydrogen-bond donors (Lipinski definition) is 2. The first-order valence-electron chi connectivity index (χ1n) is 12.9. The molecule has 4 aromatic rings. The normalized spacial score (nSPS) is 22.4. The number of fused-ring (bicyclic) bond motifs is 4. The maximum absolute atomic E-state index is 16.4. The Balaban J connectivity index is 1.38. The van der Waals surface area contributed by atoms with Crippen LogP contribution in [0, 0.1) is 11.2 Å². The van der Waals surface area contributed by atoms with Crippen LogP contribution in [0.2, 0.25) is 0 Å². The number of aromatic hydroxyl groups is 1. The molecule has 0 spiro atoms. The molecule has 3 aliphatic rings. The molecule has 1 aromatic heterocycles. The van der Waals surface area contributed by atoms with E-state index in [1.807, 2.05) is 30.3 Å². The summed E-state index contributed by atoms with van der Waals surface area (Å²) in [4.78, 5) is 11.6. The molecule has 0 amide bonds. The number of piperazine rings is 1. The SMILES string of the molecule is CC1(COc2nc(N3CC4CCC(C3)N4)c3ccc(-c4cc(O)cc5ccccc45)c(F)c3n2)COC1. The van der Waals surface area contributed by atoms with Crippen LogP contribution in [0.15, 0.2) is 48.5 Å². The lowest BCUT2D eigenvalue weighted by atomic mass is 9.90. The minimum atomic E-state index is -0.446. The minimum absolute atomic E-state index is 0.0898. The molecule has 190 valence electrons. The smallest absolute Gasteiger partial charge is 0.319 e. The first-order chi connectivity index (χ1) is 18.0. The Hall–Kier alpha value is -3.49. The van der Waals surface area contributed by atoms with Gasteiger partial charge in [0.2, 0.25) is 0 Å². The molecule has 2 bridgehead atoms. The second-order valence-electron chi connectivity index (χ2n) is 11.0. The highest BCUT2D eigenvalue weighted by molar-refractivity contribution is 6.01. The van der Waals surface area contributed by atoms with E-state index in [9.17, 15) is 5.11 Å². The fraction of sp³-hybridized carbons (Fsp3) is 0.379. The molecule has 3 saturated heterocycles. The van der Waals surface area contributed by atoms with E-state index in [1.165, 1.54) is 0 Å². The summed E-state index contributed by atoms with van der Waals surface area (Å²) in [6.07, 6.45) is 2.27. The molecule has 3 fully saturated rings. The Morgan fingerprint density at radius 3 is 2.59 bits per heavy atom. The predicted octanol–water partition coefficient (Wildman–Crippen LogP) is 4.65. The predicted molar refractivity (Wildman–Crippen MR) is 141 cm³/mol. The van der Waals surface area contributed by atoms with Crippen molar-refractivity contribution < 1.29 is 19.0 Å². The molecule has 7 rings (SSSR count). The maximum atomic E-state index is 16.4. The number of nitrogens with one attached hydrogen (secondary N) is 1. The van der Waals surface area contributed by atoms with Crippen LogP contribution in [-0.2, 0) is 4.74 Å². The van der Waals surface area contributed by atoms with Gasteiger partial charge in [-0.25, -0.2) is 4.39 Å². The molecule has 0 aliphatic carbocycles. The average Bonchev–Trinajstić information content (AvgIpc) is 3.23. The number of benzene rings is 3. The molecule has 8 heteroatoms. The van der Waals surface area contributed by atoms with Crippen molar-refractivity contribution >= 4 is 27.5 Å². The number of phenols is 1. The van der Waals surface area contributed by atoms with Gasteiger partial charge < -0.3 is 24.8 Å². The molecule has 3 aromatic carbocycles. The fourth-order valence-corrected chi connectivity index (χ4v) is 5.90. The number of aromatic nitrogens is 2. The fourth-order valence-electron chi connectivity index (χ4n) is 5.90. The molecule has 7 nitrogen and oxygen atoms in total. The first kappa shape index (κ1) is 22.7. The van der Waals surface area contributed by atoms with E-state index in [-0.39, 0.29) is 22.7 Å². The number of rotatable bonds is 5. The van der Waals surface area contributed by atoms with E-state index in [1.54, 1.807) is 18.2 Å². The van der Waals surface area contributed by atoms with Crippen molar-refractivity contribution in [3.05, 3.63) is 54.3 Å². The van der Waals surface area contributed by atoms with Crippen LogP contribution in [0.4, 0.5) is 10.2 Å². The van der Waals surface area contributed by atoms with Crippen molar-refractivity contribution in [1.29, 1.82) is 0 Å². The summed E-state index contributed by atoms with van der Waals surface area (Å²) in [5.41, 5.74) is 1.14. The van der Waals surface area contributed by atoms with Gasteiger partial charge in [0.15, 0.2) is 5.82 Å². The number of nitrogens with zero attached hydrogens (tertiary/aromatic N) is 3. The zero-order chi connectivity index (χ0) is 25.1. The Kier molecular flexibility index (Phi) is 5.23. The highest BCUT2D eigenvalue weighted by Gasteiger charge is 2.36. The summed E-state index contributed by atoms with van der Waals surface area (Å²) >= 11 is 0. The third-order valence-corrected chi connectivity index (χ3v) is 7.87. The van der Waals surface area contributed by atoms with Crippen LogP contribution >= 0.6 is 0 Å². The second-order valence-corrected chi connectivity index (χ2v) is 11.0. The third-order valence-electron chi connectivity index (χ3n) is 7.87. The van der Waals surface area contributed by atoms with Crippen molar-refractivity contribution in [3.63, 3.8) is 0 Å². The molecule has 4 heterocycles. The molecule has 3 aliphatic heterocycles. The highest BCUT2D eigenvalue weighted by atomic mass is 19.1. The zero-order valence-corrected chi connectivity index (χ0v) is 20.7. The van der Waals surface area contributed by atoms with E-state index in [2.05, 4.69) is 22.1 Å². The van der Waals surface area contributed by atoms with Gasteiger partial charge in [0.05, 0.1) is 13.2 Å². The molecular formula is C29H29FN4O3. The van der Waals surface area contributed by atoms with E-state index in [0.717, 1.165) is 36.7 Å². The summed E-state index contributed by atoms with van der Waals surface area (Å²) < 4.78 is 27.8. The average molecular weight is 501 g/mol. The van der Waals surface area contributed by atoms with Crippen molar-refractivity contribution in [1.82, 2.24) is 15.3 Å². The van der Waals surface area contributed by atoms with Crippen LogP contribution in [-0.4, -0.2) is 60.1 Å². The van der Waals surface area contributed by atoms with Gasteiger partial charge in [-0.15, -0.1) is 0 Å². The zero-order valence-electron chi connectivity index (χ0n) is 20.7. The molecular weight excluding hydrogens is 471 g/mol. The summed E-state index contributed by atoms with van der Waals surface area (Å²) in [5, 5.41) is 16.4. The summed E-state index contributed by atoms with van der Waals surface area (Å²) in [6, 6.07) is 15.6. The largest absolute Gasteiger partial charge is 0.508 e. The van der Waals surface area contributed by atoms with E-state index < -0.39 is 5.82 Å². The lowest BCUT2D eigenvalue weighted by Crippen LogP contribution is -2.51. The molecule has 0 saturated carbocycles. The molecule has 2 unspecified atom stereocenters. The van der Waals surface area contributed by atoms with Gasteiger partial charge in [0.25, 0.3) is 0 Å². The van der Waals surface area contributed by atoms with Crippen molar-refractivity contribution in [2.24, 2.45) is 5.41 Å². The van der Waals surface area contributed by atoms with Gasteiger partial charge in [-0.3, -0.25) is 0 Å². The van der Waals surface area contributed by atoms with Crippen LogP contribution in [0.1, 0.15) is 19.8 Å². The highest BCUT2D eigenvalue weighted by Crippen LogP contribution is 2.39. The van der Waals surface area contributed by atoms with E-state index in [4.69, 9.17) is 14.5 Å². The van der Waals surface area contributed by atoms with Crippen LogP contribution < -0.4 is 15.0 Å². The lowest BCUT2D eigenvalue weighted by molar-refractivity contribution is -0.121. The van der Waals surface area contributed by atoms with Gasteiger partial charge in [0, 0.05) is 41.5 Å². The van der Waals surface area contributed by atoms with Gasteiger partial charge in [0.1, 0.15) is 23.7 Å². The number of ether oxygens (including phenoxy) is 2. The topological polar surface area (TPSA) is 79.7 Å². The summed E-state index contributed by atoms with van der Waals surface area (Å²) in [5.74, 6) is 0.352. The molecule has 2 N–H and O–H groups in total. The molecule has 2 atom stereocenters. The first-order valence-corrected chi connectivity index (χ1v) is 12.9. The maximum Gasteiger partial charge on any atom is 0.319 e. The van der Waals surface area contributed by atoms with E-state index in [0.29, 0.717) is 54.2 Å². The summed E-state index contributed by atoms with van der Waals surface area (Å²) in [6.45, 7) is 5.37. The second kappa shape index (κ2) is 8.53. The summed E-state index contributed by atoms with van der Waals surface area (Å²) in [7, 11) is 0. The van der Waals surface area contributed by atoms with Crippen LogP contribution in [0.25, 0.3) is 32.8 Å². The van der Waals surface area contributed by atoms with Gasteiger partial charge in [-0.05, 0) is 47.4 Å². The van der Waals surface area contributed by atoms with Crippen LogP contribution in [0.3, 0.4) is 0 Å². The molecule has 37 heavy (non-hydrogen) atoms. The van der Waals surface area contributed by atoms with Gasteiger partial charge in [-0.2, -0.15) is 9.97 Å². The van der Waals surface area contributed by atoms with Gasteiger partial charge in [-0.1, -0.05) is 37.3 Å². The standard InChI is InChI=1S/C29H29FN4O3/c1-29(14-36-15-29)16-37-28-32-26-23(27(33-28)34-12-18-6-7-19(13-34)31-18)9-8-22(25(26)30)24-11-20(35)10-17-4-2-3-5-21(17)24/h2-5,8-11,18-19,31,35H,6-7,12-16H2,1H3. The number of anilines is 1. The van der Waals surface area contributed by atoms with Crippen molar-refractivity contribution in [2.75, 3.05) is 37.8 Å². The Morgan fingerprint density at radius 2 is 1.84 bits per heavy atom. The van der Waals surface area contributed by atoms with Gasteiger partial charge >= 0.3 is 6.01 Å². The Bertz CT molecular complexity index is 1510. The molecule has 0 radical (unpaired) electrons.